The van der Waals surface area contributed by atoms with Crippen molar-refractivity contribution >= 4 is 29.0 Å². The topological polar surface area (TPSA) is 90.4 Å². The lowest BCUT2D eigenvalue weighted by Crippen LogP contribution is -2.53. The number of hydrogen-bond acceptors (Lipinski definition) is 6. The number of para-hydroxylation sites is 1. The van der Waals surface area contributed by atoms with Crippen LogP contribution >= 0.6 is 0 Å². The van der Waals surface area contributed by atoms with Crippen molar-refractivity contribution in [2.45, 2.75) is 32.2 Å². The lowest BCUT2D eigenvalue weighted by molar-refractivity contribution is -0.143. The van der Waals surface area contributed by atoms with Gasteiger partial charge < -0.3 is 24.5 Å². The smallest absolute Gasteiger partial charge is 0.296 e. The molecule has 1 atom stereocenters. The van der Waals surface area contributed by atoms with E-state index in [2.05, 4.69) is 0 Å². The van der Waals surface area contributed by atoms with E-state index in [0.29, 0.717) is 48.7 Å². The zero-order valence-corrected chi connectivity index (χ0v) is 21.3. The minimum atomic E-state index is -1.72. The van der Waals surface area contributed by atoms with Crippen LogP contribution in [0, 0.1) is 0 Å². The number of aliphatic hydroxyl groups is 1. The average Bonchev–Trinajstić information content (AvgIpc) is 3.25. The maximum absolute atomic E-state index is 14.2. The largest absolute Gasteiger partial charge is 0.507 e. The van der Waals surface area contributed by atoms with Crippen molar-refractivity contribution in [2.24, 2.45) is 0 Å². The van der Waals surface area contributed by atoms with E-state index in [1.165, 1.54) is 4.90 Å². The number of ketones is 1. The molecule has 0 aromatic heterocycles. The highest BCUT2D eigenvalue weighted by Gasteiger charge is 2.66. The van der Waals surface area contributed by atoms with Crippen LogP contribution in [-0.4, -0.2) is 72.8 Å². The fourth-order valence-corrected chi connectivity index (χ4v) is 4.99. The number of fused-ring (bicyclic) bond motifs is 2. The Morgan fingerprint density at radius 2 is 1.67 bits per heavy atom. The van der Waals surface area contributed by atoms with Gasteiger partial charge in [0.1, 0.15) is 11.5 Å². The molecule has 36 heavy (non-hydrogen) atoms. The third-order valence-electron chi connectivity index (χ3n) is 6.63. The molecule has 2 aliphatic heterocycles. The van der Waals surface area contributed by atoms with Crippen LogP contribution in [0.5, 0.6) is 5.75 Å². The molecular weight excluding hydrogens is 458 g/mol. The number of likely N-dealkylation sites (tertiary alicyclic amines) is 1. The van der Waals surface area contributed by atoms with E-state index in [0.717, 1.165) is 6.42 Å². The number of likely N-dealkylation sites (N-methyl/N-ethyl adjacent to an activating group) is 1. The summed E-state index contributed by atoms with van der Waals surface area (Å²) >= 11 is 0. The van der Waals surface area contributed by atoms with E-state index in [1.54, 1.807) is 41.3 Å². The van der Waals surface area contributed by atoms with Crippen molar-refractivity contribution in [1.82, 2.24) is 9.80 Å². The predicted molar refractivity (Wildman–Crippen MR) is 138 cm³/mol. The Hall–Kier alpha value is -3.65. The molecule has 0 aliphatic carbocycles. The third-order valence-corrected chi connectivity index (χ3v) is 6.63. The molecule has 2 heterocycles. The Morgan fingerprint density at radius 3 is 2.31 bits per heavy atom. The van der Waals surface area contributed by atoms with Gasteiger partial charge in [0.05, 0.1) is 17.9 Å². The van der Waals surface area contributed by atoms with Gasteiger partial charge in [-0.2, -0.15) is 0 Å². The number of rotatable bonds is 9. The minimum absolute atomic E-state index is 0.151. The molecule has 0 saturated carbocycles. The van der Waals surface area contributed by atoms with Gasteiger partial charge in [-0.05, 0) is 57.3 Å². The lowest BCUT2D eigenvalue weighted by Gasteiger charge is -2.35. The molecule has 8 heteroatoms. The summed E-state index contributed by atoms with van der Waals surface area (Å²) in [6.45, 7) is 5.56. The first-order valence-corrected chi connectivity index (χ1v) is 12.4. The average molecular weight is 492 g/mol. The van der Waals surface area contributed by atoms with Gasteiger partial charge >= 0.3 is 0 Å². The van der Waals surface area contributed by atoms with Gasteiger partial charge in [0.2, 0.25) is 0 Å². The molecule has 8 nitrogen and oxygen atoms in total. The van der Waals surface area contributed by atoms with Gasteiger partial charge in [-0.25, -0.2) is 0 Å². The van der Waals surface area contributed by atoms with E-state index in [-0.39, 0.29) is 17.9 Å². The highest BCUT2D eigenvalue weighted by Crippen LogP contribution is 2.53. The summed E-state index contributed by atoms with van der Waals surface area (Å²) in [4.78, 5) is 46.1. The Labute approximate surface area is 211 Å². The van der Waals surface area contributed by atoms with Crippen LogP contribution in [0.1, 0.15) is 37.8 Å². The zero-order valence-electron chi connectivity index (χ0n) is 21.3. The number of Topliss-reactive ketones (excluding diaryl/α,β-unsaturated/α-hetero) is 1. The van der Waals surface area contributed by atoms with Gasteiger partial charge in [-0.15, -0.1) is 0 Å². The van der Waals surface area contributed by atoms with Crippen LogP contribution in [0.2, 0.25) is 0 Å². The second kappa shape index (κ2) is 10.1. The number of nitrogens with zero attached hydrogens (tertiary/aromatic N) is 3. The number of aliphatic hydroxyl groups excluding tert-OH is 1. The molecule has 4 rings (SSSR count). The van der Waals surface area contributed by atoms with Crippen molar-refractivity contribution in [3.63, 3.8) is 0 Å². The molecule has 0 bridgehead atoms. The quantitative estimate of drug-likeness (QED) is 0.329. The van der Waals surface area contributed by atoms with Crippen molar-refractivity contribution in [2.75, 3.05) is 45.2 Å². The van der Waals surface area contributed by atoms with E-state index < -0.39 is 23.1 Å². The summed E-state index contributed by atoms with van der Waals surface area (Å²) in [7, 11) is 3.72. The summed E-state index contributed by atoms with van der Waals surface area (Å²) in [5.74, 6) is -1.79. The molecule has 2 aromatic rings. The van der Waals surface area contributed by atoms with Crippen molar-refractivity contribution in [3.8, 4) is 5.75 Å². The Balaban J connectivity index is 1.95. The third kappa shape index (κ3) is 3.95. The van der Waals surface area contributed by atoms with Gasteiger partial charge in [0.15, 0.2) is 5.54 Å². The minimum Gasteiger partial charge on any atom is -0.507 e. The second-order valence-electron chi connectivity index (χ2n) is 9.37. The van der Waals surface area contributed by atoms with Crippen molar-refractivity contribution in [1.29, 1.82) is 0 Å². The SMILES string of the molecule is CCCOc1ccc(C(O)=C2C(=O)C(=O)N(CCN(C)C)[C@@]23C(=O)N(CCC)c2ccccc23)cc1. The summed E-state index contributed by atoms with van der Waals surface area (Å²) in [5.41, 5.74) is -0.397. The molecule has 1 N–H and O–H groups in total. The Kier molecular flexibility index (Phi) is 7.17. The summed E-state index contributed by atoms with van der Waals surface area (Å²) in [5, 5.41) is 11.5. The number of amides is 2. The van der Waals surface area contributed by atoms with Crippen LogP contribution in [0.25, 0.3) is 5.76 Å². The molecule has 2 amide bonds. The summed E-state index contributed by atoms with van der Waals surface area (Å²) in [6.07, 6.45) is 1.55. The first kappa shape index (κ1) is 25.4. The maximum Gasteiger partial charge on any atom is 0.296 e. The maximum atomic E-state index is 14.2. The normalized spacial score (nSPS) is 20.6. The number of carbonyl (C=O) groups excluding carboxylic acids is 3. The Morgan fingerprint density at radius 1 is 0.972 bits per heavy atom. The van der Waals surface area contributed by atoms with Gasteiger partial charge in [0.25, 0.3) is 17.6 Å². The molecule has 2 aromatic carbocycles. The van der Waals surface area contributed by atoms with Crippen molar-refractivity contribution < 1.29 is 24.2 Å². The van der Waals surface area contributed by atoms with Crippen LogP contribution in [-0.2, 0) is 19.9 Å². The molecule has 1 saturated heterocycles. The zero-order chi connectivity index (χ0) is 26.0. The molecule has 190 valence electrons. The molecular formula is C28H33N3O5. The molecule has 0 unspecified atom stereocenters. The van der Waals surface area contributed by atoms with Gasteiger partial charge in [-0.3, -0.25) is 14.4 Å². The number of hydrogen-bond donors (Lipinski definition) is 1. The van der Waals surface area contributed by atoms with E-state index in [1.807, 2.05) is 45.0 Å². The lowest BCUT2D eigenvalue weighted by atomic mass is 9.82. The number of ether oxygens (including phenoxy) is 1. The number of benzene rings is 2. The van der Waals surface area contributed by atoms with Crippen LogP contribution in [0.4, 0.5) is 5.69 Å². The molecule has 2 aliphatic rings. The highest BCUT2D eigenvalue weighted by atomic mass is 16.5. The predicted octanol–water partition coefficient (Wildman–Crippen LogP) is 3.37. The fourth-order valence-electron chi connectivity index (χ4n) is 4.99. The van der Waals surface area contributed by atoms with E-state index >= 15 is 0 Å². The van der Waals surface area contributed by atoms with Crippen LogP contribution < -0.4 is 9.64 Å². The van der Waals surface area contributed by atoms with E-state index in [9.17, 15) is 19.5 Å². The first-order valence-electron chi connectivity index (χ1n) is 12.4. The summed E-state index contributed by atoms with van der Waals surface area (Å²) < 4.78 is 5.63. The first-order chi connectivity index (χ1) is 17.3. The number of anilines is 1. The summed E-state index contributed by atoms with van der Waals surface area (Å²) in [6, 6.07) is 13.9. The van der Waals surface area contributed by atoms with Gasteiger partial charge in [-0.1, -0.05) is 32.0 Å². The second-order valence-corrected chi connectivity index (χ2v) is 9.37. The van der Waals surface area contributed by atoms with Crippen molar-refractivity contribution in [3.05, 3.63) is 65.2 Å². The number of carbonyl (C=O) groups is 3. The molecule has 0 radical (unpaired) electrons. The molecule has 1 fully saturated rings. The molecule has 1 spiro atoms. The van der Waals surface area contributed by atoms with Gasteiger partial charge in [0, 0.05) is 30.8 Å². The van der Waals surface area contributed by atoms with Crippen LogP contribution in [0.3, 0.4) is 0 Å². The fraction of sp³-hybridized carbons (Fsp3) is 0.393. The standard InChI is InChI=1S/C28H33N3O5/c1-5-15-30-22-10-8-7-9-21(22)28(27(30)35)23(25(33)26(34)31(28)17-16-29(3)4)24(32)19-11-13-20(14-12-19)36-18-6-2/h7-14,32H,5-6,15-18H2,1-4H3/t28-/m1/s1. The van der Waals surface area contributed by atoms with Crippen LogP contribution in [0.15, 0.2) is 54.1 Å². The van der Waals surface area contributed by atoms with E-state index in [4.69, 9.17) is 4.74 Å². The monoisotopic (exact) mass is 491 g/mol. The highest BCUT2D eigenvalue weighted by molar-refractivity contribution is 6.50. The Bertz CT molecular complexity index is 1200.